The van der Waals surface area contributed by atoms with Gasteiger partial charge in [0.25, 0.3) is 0 Å². The smallest absolute Gasteiger partial charge is 0.317 e. The van der Waals surface area contributed by atoms with Crippen molar-refractivity contribution in [3.8, 4) is 0 Å². The zero-order chi connectivity index (χ0) is 14.2. The molecule has 2 N–H and O–H groups in total. The molecule has 0 atom stereocenters. The maximum Gasteiger partial charge on any atom is 0.317 e. The quantitative estimate of drug-likeness (QED) is 0.676. The number of rotatable bonds is 7. The van der Waals surface area contributed by atoms with Gasteiger partial charge in [-0.2, -0.15) is 0 Å². The van der Waals surface area contributed by atoms with E-state index in [0.29, 0.717) is 13.2 Å². The molecule has 0 aromatic heterocycles. The number of nitrogens with zero attached hydrogens (tertiary/aromatic N) is 1. The third-order valence-electron chi connectivity index (χ3n) is 2.41. The first kappa shape index (κ1) is 16.7. The van der Waals surface area contributed by atoms with Gasteiger partial charge in [0.2, 0.25) is 0 Å². The predicted molar refractivity (Wildman–Crippen MR) is 68.6 cm³/mol. The molecule has 0 spiro atoms. The van der Waals surface area contributed by atoms with Crippen molar-refractivity contribution in [1.82, 2.24) is 10.2 Å². The van der Waals surface area contributed by atoms with E-state index in [0.717, 1.165) is 6.42 Å². The van der Waals surface area contributed by atoms with Gasteiger partial charge >= 0.3 is 12.0 Å². The summed E-state index contributed by atoms with van der Waals surface area (Å²) < 4.78 is 4.89. The third kappa shape index (κ3) is 7.11. The van der Waals surface area contributed by atoms with Gasteiger partial charge in [0, 0.05) is 32.3 Å². The maximum absolute atomic E-state index is 11.9. The van der Waals surface area contributed by atoms with Crippen LogP contribution in [0.5, 0.6) is 0 Å². The molecule has 6 heteroatoms. The Morgan fingerprint density at radius 2 is 1.94 bits per heavy atom. The Kier molecular flexibility index (Phi) is 7.35. The lowest BCUT2D eigenvalue weighted by Crippen LogP contribution is -2.51. The van der Waals surface area contributed by atoms with Crippen molar-refractivity contribution < 1.29 is 19.4 Å². The van der Waals surface area contributed by atoms with Gasteiger partial charge in [-0.05, 0) is 27.2 Å². The molecular formula is C12H24N2O4. The van der Waals surface area contributed by atoms with Crippen LogP contribution in [0.15, 0.2) is 0 Å². The van der Waals surface area contributed by atoms with Crippen molar-refractivity contribution in [2.24, 2.45) is 0 Å². The normalized spacial score (nSPS) is 11.1. The van der Waals surface area contributed by atoms with Crippen LogP contribution < -0.4 is 5.32 Å². The van der Waals surface area contributed by atoms with Gasteiger partial charge in [-0.1, -0.05) is 0 Å². The van der Waals surface area contributed by atoms with Crippen molar-refractivity contribution >= 4 is 12.0 Å². The Hall–Kier alpha value is -1.30. The maximum atomic E-state index is 11.9. The highest BCUT2D eigenvalue weighted by molar-refractivity contribution is 5.76. The number of urea groups is 1. The van der Waals surface area contributed by atoms with Crippen LogP contribution in [0.2, 0.25) is 0 Å². The van der Waals surface area contributed by atoms with Gasteiger partial charge in [-0.15, -0.1) is 0 Å². The van der Waals surface area contributed by atoms with E-state index >= 15 is 0 Å². The van der Waals surface area contributed by atoms with Crippen LogP contribution in [0.3, 0.4) is 0 Å². The van der Waals surface area contributed by atoms with Gasteiger partial charge in [0.05, 0.1) is 6.42 Å². The van der Waals surface area contributed by atoms with Gasteiger partial charge in [0.15, 0.2) is 0 Å². The first-order valence-corrected chi connectivity index (χ1v) is 6.05. The zero-order valence-electron chi connectivity index (χ0n) is 11.7. The number of carbonyl (C=O) groups is 2. The largest absolute Gasteiger partial charge is 0.481 e. The summed E-state index contributed by atoms with van der Waals surface area (Å²) in [5.74, 6) is -0.906. The number of hydrogen-bond donors (Lipinski definition) is 2. The number of amides is 2. The fraction of sp³-hybridized carbons (Fsp3) is 0.833. The Bertz CT molecular complexity index is 274. The summed E-state index contributed by atoms with van der Waals surface area (Å²) >= 11 is 0. The van der Waals surface area contributed by atoms with E-state index in [4.69, 9.17) is 9.84 Å². The summed E-state index contributed by atoms with van der Waals surface area (Å²) in [5, 5.41) is 11.4. The minimum Gasteiger partial charge on any atom is -0.481 e. The van der Waals surface area contributed by atoms with Crippen LogP contribution in [0.1, 0.15) is 33.6 Å². The zero-order valence-corrected chi connectivity index (χ0v) is 11.7. The molecule has 18 heavy (non-hydrogen) atoms. The van der Waals surface area contributed by atoms with Crippen molar-refractivity contribution in [1.29, 1.82) is 0 Å². The molecule has 0 saturated heterocycles. The average Bonchev–Trinajstić information content (AvgIpc) is 2.22. The Morgan fingerprint density at radius 3 is 2.39 bits per heavy atom. The van der Waals surface area contributed by atoms with Crippen molar-refractivity contribution in [3.63, 3.8) is 0 Å². The third-order valence-corrected chi connectivity index (χ3v) is 2.41. The predicted octanol–water partition coefficient (Wildman–Crippen LogP) is 1.31. The number of methoxy groups -OCH3 is 1. The van der Waals surface area contributed by atoms with E-state index in [1.54, 1.807) is 7.11 Å². The molecule has 2 amide bonds. The van der Waals surface area contributed by atoms with Crippen LogP contribution in [0.4, 0.5) is 4.79 Å². The van der Waals surface area contributed by atoms with Gasteiger partial charge in [-0.3, -0.25) is 4.79 Å². The fourth-order valence-electron chi connectivity index (χ4n) is 1.46. The van der Waals surface area contributed by atoms with E-state index in [1.807, 2.05) is 20.8 Å². The molecule has 0 saturated carbocycles. The number of carboxylic acids is 1. The second kappa shape index (κ2) is 7.92. The van der Waals surface area contributed by atoms with E-state index < -0.39 is 11.5 Å². The Morgan fingerprint density at radius 1 is 1.33 bits per heavy atom. The molecule has 0 rings (SSSR count). The lowest BCUT2D eigenvalue weighted by Gasteiger charge is -2.35. The molecule has 6 nitrogen and oxygen atoms in total. The van der Waals surface area contributed by atoms with Crippen LogP contribution in [0, 0.1) is 0 Å². The lowest BCUT2D eigenvalue weighted by atomic mass is 10.1. The molecule has 0 aliphatic carbocycles. The molecule has 0 aromatic rings. The highest BCUT2D eigenvalue weighted by Crippen LogP contribution is 2.13. The highest BCUT2D eigenvalue weighted by Gasteiger charge is 2.26. The molecule has 0 radical (unpaired) electrons. The molecule has 0 aliphatic rings. The summed E-state index contributed by atoms with van der Waals surface area (Å²) in [6.07, 6.45) is 0.682. The monoisotopic (exact) mass is 260 g/mol. The summed E-state index contributed by atoms with van der Waals surface area (Å²) in [5.41, 5.74) is -0.402. The summed E-state index contributed by atoms with van der Waals surface area (Å²) in [6.45, 7) is 6.95. The summed E-state index contributed by atoms with van der Waals surface area (Å²) in [6, 6.07) is -0.236. The minimum absolute atomic E-state index is 0.0528. The standard InChI is InChI=1S/C12H24N2O4/c1-12(2,3)14(8-6-10(15)16)11(17)13-7-5-9-18-4/h5-9H2,1-4H3,(H,13,17)(H,15,16). The number of aliphatic carboxylic acids is 1. The van der Waals surface area contributed by atoms with E-state index in [2.05, 4.69) is 5.32 Å². The lowest BCUT2D eigenvalue weighted by molar-refractivity contribution is -0.137. The number of hydrogen-bond acceptors (Lipinski definition) is 3. The van der Waals surface area contributed by atoms with Crippen molar-refractivity contribution in [2.45, 2.75) is 39.2 Å². The molecule has 106 valence electrons. The van der Waals surface area contributed by atoms with Crippen LogP contribution >= 0.6 is 0 Å². The second-order valence-corrected chi connectivity index (χ2v) is 5.04. The number of nitrogens with one attached hydrogen (secondary N) is 1. The fourth-order valence-corrected chi connectivity index (χ4v) is 1.46. The van der Waals surface area contributed by atoms with Gasteiger partial charge < -0.3 is 20.1 Å². The second-order valence-electron chi connectivity index (χ2n) is 5.04. The molecule has 0 fully saturated rings. The first-order valence-electron chi connectivity index (χ1n) is 6.05. The molecule has 0 bridgehead atoms. The average molecular weight is 260 g/mol. The highest BCUT2D eigenvalue weighted by atomic mass is 16.5. The van der Waals surface area contributed by atoms with Crippen LogP contribution in [-0.4, -0.2) is 54.4 Å². The first-order chi connectivity index (χ1) is 8.29. The van der Waals surface area contributed by atoms with Crippen molar-refractivity contribution in [3.05, 3.63) is 0 Å². The van der Waals surface area contributed by atoms with Crippen LogP contribution in [0.25, 0.3) is 0 Å². The molecule has 0 aliphatic heterocycles. The van der Waals surface area contributed by atoms with Gasteiger partial charge in [-0.25, -0.2) is 4.79 Å². The SMILES string of the molecule is COCCCNC(=O)N(CCC(=O)O)C(C)(C)C. The molecule has 0 aromatic carbocycles. The summed E-state index contributed by atoms with van der Waals surface area (Å²) in [7, 11) is 1.61. The molecule has 0 heterocycles. The Balaban J connectivity index is 4.28. The molecule has 0 unspecified atom stereocenters. The summed E-state index contributed by atoms with van der Waals surface area (Å²) in [4.78, 5) is 24.1. The van der Waals surface area contributed by atoms with Crippen molar-refractivity contribution in [2.75, 3.05) is 26.8 Å². The Labute approximate surface area is 108 Å². The van der Waals surface area contributed by atoms with E-state index in [-0.39, 0.29) is 19.0 Å². The number of carboxylic acid groups (broad SMARTS) is 1. The van der Waals surface area contributed by atoms with E-state index in [1.165, 1.54) is 4.90 Å². The van der Waals surface area contributed by atoms with Crippen LogP contribution in [-0.2, 0) is 9.53 Å². The topological polar surface area (TPSA) is 78.9 Å². The minimum atomic E-state index is -0.906. The number of ether oxygens (including phenoxy) is 1. The molecular weight excluding hydrogens is 236 g/mol. The number of carbonyl (C=O) groups excluding carboxylic acids is 1. The van der Waals surface area contributed by atoms with E-state index in [9.17, 15) is 9.59 Å². The van der Waals surface area contributed by atoms with Gasteiger partial charge in [0.1, 0.15) is 0 Å².